The standard InChI is InChI=1S/C14H21NO/c1-4-16-12-8-6-5-7-10(12)13-11(9-15)14(13,2)3/h5-8,11,13H,4,9,15H2,1-3H3/t11-,13-/m1/s1. The first-order valence-corrected chi connectivity index (χ1v) is 6.04. The molecule has 1 aliphatic rings. The topological polar surface area (TPSA) is 35.2 Å². The van der Waals surface area contributed by atoms with Gasteiger partial charge in [-0.3, -0.25) is 0 Å². The van der Waals surface area contributed by atoms with Crippen LogP contribution in [0.5, 0.6) is 5.75 Å². The van der Waals surface area contributed by atoms with Crippen molar-refractivity contribution in [3.63, 3.8) is 0 Å². The largest absolute Gasteiger partial charge is 0.494 e. The van der Waals surface area contributed by atoms with Gasteiger partial charge < -0.3 is 10.5 Å². The van der Waals surface area contributed by atoms with Crippen molar-refractivity contribution >= 4 is 0 Å². The van der Waals surface area contributed by atoms with Gasteiger partial charge in [-0.05, 0) is 42.3 Å². The summed E-state index contributed by atoms with van der Waals surface area (Å²) in [5, 5.41) is 0. The van der Waals surface area contributed by atoms with Crippen LogP contribution in [0.15, 0.2) is 24.3 Å². The SMILES string of the molecule is CCOc1ccccc1[C@@H]1[C@@H](CN)C1(C)C. The highest BCUT2D eigenvalue weighted by molar-refractivity contribution is 5.42. The van der Waals surface area contributed by atoms with Crippen LogP contribution in [-0.2, 0) is 0 Å². The summed E-state index contributed by atoms with van der Waals surface area (Å²) in [7, 11) is 0. The van der Waals surface area contributed by atoms with Gasteiger partial charge in [0.15, 0.2) is 0 Å². The Balaban J connectivity index is 2.28. The molecular weight excluding hydrogens is 198 g/mol. The van der Waals surface area contributed by atoms with E-state index < -0.39 is 0 Å². The van der Waals surface area contributed by atoms with Gasteiger partial charge >= 0.3 is 0 Å². The fourth-order valence-electron chi connectivity index (χ4n) is 2.83. The van der Waals surface area contributed by atoms with E-state index in [1.165, 1.54) is 5.56 Å². The Kier molecular flexibility index (Phi) is 2.94. The first-order chi connectivity index (χ1) is 7.62. The van der Waals surface area contributed by atoms with Gasteiger partial charge in [0.05, 0.1) is 6.61 Å². The number of hydrogen-bond acceptors (Lipinski definition) is 2. The summed E-state index contributed by atoms with van der Waals surface area (Å²) in [6.07, 6.45) is 0. The minimum Gasteiger partial charge on any atom is -0.494 e. The number of para-hydroxylation sites is 1. The zero-order valence-corrected chi connectivity index (χ0v) is 10.4. The summed E-state index contributed by atoms with van der Waals surface area (Å²) in [6.45, 7) is 8.08. The first-order valence-electron chi connectivity index (χ1n) is 6.04. The molecule has 0 aromatic heterocycles. The minimum absolute atomic E-state index is 0.321. The number of hydrogen-bond donors (Lipinski definition) is 1. The predicted octanol–water partition coefficient (Wildman–Crippen LogP) is 2.78. The van der Waals surface area contributed by atoms with Gasteiger partial charge in [0, 0.05) is 0 Å². The molecule has 1 fully saturated rings. The molecule has 2 heteroatoms. The Bertz CT molecular complexity index is 373. The molecule has 1 aromatic carbocycles. The van der Waals surface area contributed by atoms with E-state index in [4.69, 9.17) is 10.5 Å². The van der Waals surface area contributed by atoms with Gasteiger partial charge in [-0.25, -0.2) is 0 Å². The lowest BCUT2D eigenvalue weighted by atomic mass is 10.0. The molecule has 2 atom stereocenters. The van der Waals surface area contributed by atoms with Crippen LogP contribution in [0.4, 0.5) is 0 Å². The normalized spacial score (nSPS) is 26.5. The van der Waals surface area contributed by atoms with Crippen molar-refractivity contribution in [1.82, 2.24) is 0 Å². The van der Waals surface area contributed by atoms with Crippen molar-refractivity contribution in [2.75, 3.05) is 13.2 Å². The Hall–Kier alpha value is -1.02. The molecule has 1 saturated carbocycles. The molecule has 1 aliphatic carbocycles. The van der Waals surface area contributed by atoms with Crippen molar-refractivity contribution < 1.29 is 4.74 Å². The maximum absolute atomic E-state index is 5.82. The van der Waals surface area contributed by atoms with Crippen LogP contribution in [0, 0.1) is 11.3 Å². The summed E-state index contributed by atoms with van der Waals surface area (Å²) in [6, 6.07) is 8.34. The number of benzene rings is 1. The van der Waals surface area contributed by atoms with Crippen LogP contribution in [0.3, 0.4) is 0 Å². The van der Waals surface area contributed by atoms with Crippen LogP contribution < -0.4 is 10.5 Å². The highest BCUT2D eigenvalue weighted by Crippen LogP contribution is 2.65. The maximum atomic E-state index is 5.82. The molecule has 0 heterocycles. The molecule has 2 rings (SSSR count). The Morgan fingerprint density at radius 3 is 2.56 bits per heavy atom. The molecule has 0 bridgehead atoms. The van der Waals surface area contributed by atoms with Gasteiger partial charge in [0.2, 0.25) is 0 Å². The number of nitrogens with two attached hydrogens (primary N) is 1. The fourth-order valence-corrected chi connectivity index (χ4v) is 2.83. The molecule has 16 heavy (non-hydrogen) atoms. The van der Waals surface area contributed by atoms with E-state index in [0.29, 0.717) is 17.3 Å². The molecule has 0 aliphatic heterocycles. The van der Waals surface area contributed by atoms with Crippen LogP contribution in [0.25, 0.3) is 0 Å². The summed E-state index contributed by atoms with van der Waals surface area (Å²) in [5.74, 6) is 2.17. The van der Waals surface area contributed by atoms with Crippen LogP contribution in [0.2, 0.25) is 0 Å². The lowest BCUT2D eigenvalue weighted by molar-refractivity contribution is 0.335. The molecule has 0 amide bonds. The number of ether oxygens (including phenoxy) is 1. The number of rotatable bonds is 4. The molecule has 2 nitrogen and oxygen atoms in total. The molecular formula is C14H21NO. The van der Waals surface area contributed by atoms with Gasteiger partial charge in [-0.1, -0.05) is 32.0 Å². The van der Waals surface area contributed by atoms with E-state index in [2.05, 4.69) is 32.0 Å². The lowest BCUT2D eigenvalue weighted by Crippen LogP contribution is -2.05. The third-order valence-corrected chi connectivity index (χ3v) is 3.86. The van der Waals surface area contributed by atoms with Gasteiger partial charge in [-0.2, -0.15) is 0 Å². The molecule has 0 spiro atoms. The van der Waals surface area contributed by atoms with E-state index in [1.807, 2.05) is 13.0 Å². The lowest BCUT2D eigenvalue weighted by Gasteiger charge is -2.10. The third kappa shape index (κ3) is 1.71. The second-order valence-corrected chi connectivity index (χ2v) is 5.11. The average Bonchev–Trinajstić information content (AvgIpc) is 2.81. The van der Waals surface area contributed by atoms with Crippen LogP contribution >= 0.6 is 0 Å². The maximum Gasteiger partial charge on any atom is 0.122 e. The molecule has 88 valence electrons. The van der Waals surface area contributed by atoms with Crippen molar-refractivity contribution in [2.45, 2.75) is 26.7 Å². The second-order valence-electron chi connectivity index (χ2n) is 5.11. The van der Waals surface area contributed by atoms with Gasteiger partial charge in [0.25, 0.3) is 0 Å². The van der Waals surface area contributed by atoms with E-state index in [9.17, 15) is 0 Å². The first kappa shape index (κ1) is 11.5. The van der Waals surface area contributed by atoms with E-state index in [0.717, 1.165) is 18.9 Å². The van der Waals surface area contributed by atoms with Gasteiger partial charge in [-0.15, -0.1) is 0 Å². The summed E-state index contributed by atoms with van der Waals surface area (Å²) < 4.78 is 5.68. The van der Waals surface area contributed by atoms with Crippen LogP contribution in [-0.4, -0.2) is 13.2 Å². The monoisotopic (exact) mass is 219 g/mol. The van der Waals surface area contributed by atoms with Gasteiger partial charge in [0.1, 0.15) is 5.75 Å². The van der Waals surface area contributed by atoms with E-state index >= 15 is 0 Å². The molecule has 2 N–H and O–H groups in total. The van der Waals surface area contributed by atoms with Crippen molar-refractivity contribution in [1.29, 1.82) is 0 Å². The second kappa shape index (κ2) is 4.10. The molecule has 0 radical (unpaired) electrons. The van der Waals surface area contributed by atoms with Crippen molar-refractivity contribution in [2.24, 2.45) is 17.1 Å². The quantitative estimate of drug-likeness (QED) is 0.845. The average molecular weight is 219 g/mol. The van der Waals surface area contributed by atoms with Crippen molar-refractivity contribution in [3.05, 3.63) is 29.8 Å². The minimum atomic E-state index is 0.321. The predicted molar refractivity (Wildman–Crippen MR) is 66.7 cm³/mol. The molecule has 0 saturated heterocycles. The highest BCUT2D eigenvalue weighted by atomic mass is 16.5. The zero-order valence-electron chi connectivity index (χ0n) is 10.4. The van der Waals surface area contributed by atoms with Crippen LogP contribution in [0.1, 0.15) is 32.3 Å². The zero-order chi connectivity index (χ0) is 11.8. The summed E-state index contributed by atoms with van der Waals surface area (Å²) in [4.78, 5) is 0. The Labute approximate surface area is 97.8 Å². The molecule has 0 unspecified atom stereocenters. The summed E-state index contributed by atoms with van der Waals surface area (Å²) in [5.41, 5.74) is 7.47. The fraction of sp³-hybridized carbons (Fsp3) is 0.571. The summed E-state index contributed by atoms with van der Waals surface area (Å²) >= 11 is 0. The highest BCUT2D eigenvalue weighted by Gasteiger charge is 2.57. The molecule has 1 aromatic rings. The van der Waals surface area contributed by atoms with E-state index in [-0.39, 0.29) is 0 Å². The third-order valence-electron chi connectivity index (χ3n) is 3.86. The Morgan fingerprint density at radius 1 is 1.31 bits per heavy atom. The van der Waals surface area contributed by atoms with E-state index in [1.54, 1.807) is 0 Å². The Morgan fingerprint density at radius 2 is 2.00 bits per heavy atom. The van der Waals surface area contributed by atoms with Crippen molar-refractivity contribution in [3.8, 4) is 5.75 Å². The smallest absolute Gasteiger partial charge is 0.122 e.